The molecule has 0 radical (unpaired) electrons. The van der Waals surface area contributed by atoms with E-state index in [0.717, 1.165) is 19.3 Å². The van der Waals surface area contributed by atoms with E-state index in [-0.39, 0.29) is 17.0 Å². The highest BCUT2D eigenvalue weighted by molar-refractivity contribution is 5.69. The van der Waals surface area contributed by atoms with Crippen LogP contribution >= 0.6 is 0 Å². The van der Waals surface area contributed by atoms with Crippen molar-refractivity contribution < 1.29 is 9.63 Å². The number of benzene rings is 1. The van der Waals surface area contributed by atoms with Crippen LogP contribution in [0.1, 0.15) is 84.1 Å². The fourth-order valence-corrected chi connectivity index (χ4v) is 5.00. The molecule has 2 fully saturated rings. The number of hydrogen-bond donors (Lipinski definition) is 0. The minimum absolute atomic E-state index is 0.0594. The van der Waals surface area contributed by atoms with Crippen LogP contribution in [0.25, 0.3) is 0 Å². The van der Waals surface area contributed by atoms with E-state index in [4.69, 9.17) is 4.84 Å². The van der Waals surface area contributed by atoms with E-state index in [1.54, 1.807) is 0 Å². The highest BCUT2D eigenvalue weighted by Crippen LogP contribution is 2.43. The number of piperidine rings is 1. The summed E-state index contributed by atoms with van der Waals surface area (Å²) in [6.07, 6.45) is 7.37. The Balaban J connectivity index is 1.65. The molecule has 138 valence electrons. The topological polar surface area (TPSA) is 29.5 Å². The maximum atomic E-state index is 12.8. The lowest BCUT2D eigenvalue weighted by Gasteiger charge is -2.50. The van der Waals surface area contributed by atoms with Crippen molar-refractivity contribution in [3.63, 3.8) is 0 Å². The molecule has 1 aromatic carbocycles. The predicted molar refractivity (Wildman–Crippen MR) is 101 cm³/mol. The molecule has 2 atom stereocenters. The first kappa shape index (κ1) is 18.4. The summed E-state index contributed by atoms with van der Waals surface area (Å²) >= 11 is 0. The molecule has 2 aliphatic rings. The molecule has 0 amide bonds. The molecule has 3 heteroatoms. The third kappa shape index (κ3) is 4.08. The van der Waals surface area contributed by atoms with Gasteiger partial charge in [-0.25, -0.2) is 0 Å². The first-order chi connectivity index (χ1) is 11.8. The highest BCUT2D eigenvalue weighted by atomic mass is 16.7. The quantitative estimate of drug-likeness (QED) is 0.727. The van der Waals surface area contributed by atoms with E-state index in [1.165, 1.54) is 24.8 Å². The smallest absolute Gasteiger partial charge is 0.325 e. The van der Waals surface area contributed by atoms with Gasteiger partial charge in [0.2, 0.25) is 0 Å². The lowest BCUT2D eigenvalue weighted by atomic mass is 9.82. The van der Waals surface area contributed by atoms with E-state index in [0.29, 0.717) is 18.3 Å². The lowest BCUT2D eigenvalue weighted by molar-refractivity contribution is -0.266. The molecule has 0 spiro atoms. The van der Waals surface area contributed by atoms with E-state index >= 15 is 0 Å². The van der Waals surface area contributed by atoms with Gasteiger partial charge < -0.3 is 4.84 Å². The number of hydrogen-bond acceptors (Lipinski definition) is 3. The molecule has 1 saturated heterocycles. The molecule has 3 rings (SSSR count). The Morgan fingerprint density at radius 3 is 2.32 bits per heavy atom. The van der Waals surface area contributed by atoms with Crippen LogP contribution in [0.3, 0.4) is 0 Å². The normalized spacial score (nSPS) is 28.6. The van der Waals surface area contributed by atoms with E-state index in [1.807, 2.05) is 5.06 Å². The fraction of sp³-hybridized carbons (Fsp3) is 0.682. The van der Waals surface area contributed by atoms with Crippen LogP contribution < -0.4 is 0 Å². The second kappa shape index (κ2) is 7.11. The average molecular weight is 344 g/mol. The minimum atomic E-state index is -0.0914. The Morgan fingerprint density at radius 2 is 1.68 bits per heavy atom. The van der Waals surface area contributed by atoms with Gasteiger partial charge in [-0.2, -0.15) is 0 Å². The van der Waals surface area contributed by atoms with Crippen molar-refractivity contribution in [1.82, 2.24) is 5.06 Å². The summed E-state index contributed by atoms with van der Waals surface area (Å²) in [4.78, 5) is 18.7. The van der Waals surface area contributed by atoms with E-state index in [9.17, 15) is 4.79 Å². The number of carbonyl (C=O) groups is 1. The predicted octanol–water partition coefficient (Wildman–Crippen LogP) is 5.46. The lowest BCUT2D eigenvalue weighted by Crippen LogP contribution is -2.58. The van der Waals surface area contributed by atoms with Crippen molar-refractivity contribution >= 4 is 5.97 Å². The van der Waals surface area contributed by atoms with Gasteiger partial charge in [0.1, 0.15) is 0 Å². The van der Waals surface area contributed by atoms with Crippen LogP contribution in [0, 0.1) is 5.92 Å². The molecule has 1 saturated carbocycles. The summed E-state index contributed by atoms with van der Waals surface area (Å²) in [5.74, 6) is 0.845. The van der Waals surface area contributed by atoms with Gasteiger partial charge in [-0.05, 0) is 77.2 Å². The van der Waals surface area contributed by atoms with Crippen LogP contribution in [0.4, 0.5) is 0 Å². The second-order valence-electron chi connectivity index (χ2n) is 9.15. The molecule has 3 nitrogen and oxygen atoms in total. The van der Waals surface area contributed by atoms with Gasteiger partial charge >= 0.3 is 5.97 Å². The Kier molecular flexibility index (Phi) is 5.24. The maximum Gasteiger partial charge on any atom is 0.325 e. The third-order valence-electron chi connectivity index (χ3n) is 6.19. The van der Waals surface area contributed by atoms with Gasteiger partial charge in [0.15, 0.2) is 0 Å². The van der Waals surface area contributed by atoms with Crippen molar-refractivity contribution in [1.29, 1.82) is 0 Å². The van der Waals surface area contributed by atoms with Crippen LogP contribution in [-0.4, -0.2) is 22.1 Å². The van der Waals surface area contributed by atoms with Gasteiger partial charge in [-0.15, -0.1) is 5.06 Å². The van der Waals surface area contributed by atoms with Crippen molar-refractivity contribution in [2.45, 2.75) is 89.6 Å². The Morgan fingerprint density at radius 1 is 1.04 bits per heavy atom. The number of rotatable bonds is 4. The maximum absolute atomic E-state index is 12.8. The van der Waals surface area contributed by atoms with Crippen molar-refractivity contribution in [3.8, 4) is 0 Å². The van der Waals surface area contributed by atoms with Crippen LogP contribution in [0.2, 0.25) is 0 Å². The monoisotopic (exact) mass is 343 g/mol. The van der Waals surface area contributed by atoms with Crippen LogP contribution in [-0.2, 0) is 9.63 Å². The highest BCUT2D eigenvalue weighted by Gasteiger charge is 2.44. The summed E-state index contributed by atoms with van der Waals surface area (Å²) in [6.45, 7) is 8.74. The molecule has 0 bridgehead atoms. The second-order valence-corrected chi connectivity index (χ2v) is 9.15. The number of hydroxylamine groups is 2. The van der Waals surface area contributed by atoms with Crippen LogP contribution in [0.5, 0.6) is 0 Å². The fourth-order valence-electron chi connectivity index (χ4n) is 5.00. The molecule has 1 aromatic rings. The molecular formula is C22H33NO2. The van der Waals surface area contributed by atoms with Crippen molar-refractivity contribution in [3.05, 3.63) is 35.9 Å². The SMILES string of the molecule is CC1(C)CCCC(C)(C)N1OC(=O)C[C@@H]1CCC[C@H]1c1ccccc1. The number of carbonyl (C=O) groups excluding carboxylic acids is 1. The Labute approximate surface area is 152 Å². The van der Waals surface area contributed by atoms with Gasteiger partial charge in [0.05, 0.1) is 17.5 Å². The zero-order valence-corrected chi connectivity index (χ0v) is 16.3. The largest absolute Gasteiger partial charge is 0.367 e. The van der Waals surface area contributed by atoms with Gasteiger partial charge in [-0.1, -0.05) is 36.8 Å². The summed E-state index contributed by atoms with van der Waals surface area (Å²) in [5.41, 5.74) is 1.19. The molecule has 25 heavy (non-hydrogen) atoms. The molecule has 0 aromatic heterocycles. The summed E-state index contributed by atoms with van der Waals surface area (Å²) < 4.78 is 0. The Hall–Kier alpha value is -1.35. The zero-order valence-electron chi connectivity index (χ0n) is 16.3. The summed E-state index contributed by atoms with van der Waals surface area (Å²) in [6, 6.07) is 10.7. The number of nitrogens with zero attached hydrogens (tertiary/aromatic N) is 1. The van der Waals surface area contributed by atoms with Crippen LogP contribution in [0.15, 0.2) is 30.3 Å². The van der Waals surface area contributed by atoms with Crippen molar-refractivity contribution in [2.24, 2.45) is 5.92 Å². The minimum Gasteiger partial charge on any atom is -0.367 e. The van der Waals surface area contributed by atoms with E-state index in [2.05, 4.69) is 58.0 Å². The van der Waals surface area contributed by atoms with Gasteiger partial charge in [0, 0.05) is 0 Å². The average Bonchev–Trinajstić information content (AvgIpc) is 2.99. The molecule has 1 aliphatic carbocycles. The molecule has 0 unspecified atom stereocenters. The molecule has 1 heterocycles. The van der Waals surface area contributed by atoms with E-state index < -0.39 is 0 Å². The third-order valence-corrected chi connectivity index (χ3v) is 6.19. The Bertz CT molecular complexity index is 577. The first-order valence-corrected chi connectivity index (χ1v) is 9.86. The van der Waals surface area contributed by atoms with Gasteiger partial charge in [0.25, 0.3) is 0 Å². The zero-order chi connectivity index (χ0) is 18.1. The summed E-state index contributed by atoms with van der Waals surface area (Å²) in [7, 11) is 0. The standard InChI is InChI=1S/C22H33NO2/c1-21(2)14-9-15-22(3,4)23(21)25-20(24)16-18-12-8-13-19(18)17-10-6-5-7-11-17/h5-7,10-11,18-19H,8-9,12-16H2,1-4H3/t18-,19-/m0/s1. The van der Waals surface area contributed by atoms with Gasteiger partial charge in [-0.3, -0.25) is 4.79 Å². The molecular weight excluding hydrogens is 310 g/mol. The van der Waals surface area contributed by atoms with Crippen molar-refractivity contribution in [2.75, 3.05) is 0 Å². The molecule has 0 N–H and O–H groups in total. The molecule has 1 aliphatic heterocycles. The summed E-state index contributed by atoms with van der Waals surface area (Å²) in [5, 5.41) is 1.98. The first-order valence-electron chi connectivity index (χ1n) is 9.86.